The predicted molar refractivity (Wildman–Crippen MR) is 139 cm³/mol. The highest BCUT2D eigenvalue weighted by molar-refractivity contribution is 5.77. The lowest BCUT2D eigenvalue weighted by Gasteiger charge is -2.32. The minimum absolute atomic E-state index is 0.169. The van der Waals surface area contributed by atoms with Crippen molar-refractivity contribution in [1.29, 1.82) is 5.26 Å². The van der Waals surface area contributed by atoms with Crippen molar-refractivity contribution in [3.05, 3.63) is 94.3 Å². The summed E-state index contributed by atoms with van der Waals surface area (Å²) < 4.78 is 0. The second-order valence-electron chi connectivity index (χ2n) is 9.01. The summed E-state index contributed by atoms with van der Waals surface area (Å²) >= 11 is 0. The van der Waals surface area contributed by atoms with E-state index in [1.165, 1.54) is 5.56 Å². The molecule has 0 aliphatic carbocycles. The minimum Gasteiger partial charge on any atom is -0.367 e. The van der Waals surface area contributed by atoms with Gasteiger partial charge in [0.05, 0.1) is 11.4 Å². The van der Waals surface area contributed by atoms with Gasteiger partial charge in [0.2, 0.25) is 5.82 Å². The van der Waals surface area contributed by atoms with E-state index in [0.717, 1.165) is 55.0 Å². The van der Waals surface area contributed by atoms with Gasteiger partial charge in [-0.3, -0.25) is 9.69 Å². The van der Waals surface area contributed by atoms with Gasteiger partial charge in [0.15, 0.2) is 0 Å². The summed E-state index contributed by atoms with van der Waals surface area (Å²) in [6.45, 7) is 4.57. The SMILES string of the molecule is Cc1nc(-c2ccc(CN3CCC(Nc4ccnc(C#N)n4)CC3)cc2)c(-c2ccccc2)[nH]c1=O. The minimum atomic E-state index is -0.169. The van der Waals surface area contributed by atoms with E-state index in [1.54, 1.807) is 19.2 Å². The van der Waals surface area contributed by atoms with Crippen LogP contribution in [0.5, 0.6) is 0 Å². The Kier molecular flexibility index (Phi) is 6.83. The van der Waals surface area contributed by atoms with Crippen LogP contribution in [-0.4, -0.2) is 44.0 Å². The molecule has 0 unspecified atom stereocenters. The van der Waals surface area contributed by atoms with E-state index in [1.807, 2.05) is 36.4 Å². The third kappa shape index (κ3) is 5.32. The molecular weight excluding hydrogens is 450 g/mol. The van der Waals surface area contributed by atoms with Crippen LogP contribution in [0.15, 0.2) is 71.7 Å². The zero-order chi connectivity index (χ0) is 24.9. The summed E-state index contributed by atoms with van der Waals surface area (Å²) in [6, 6.07) is 22.4. The highest BCUT2D eigenvalue weighted by Crippen LogP contribution is 2.28. The summed E-state index contributed by atoms with van der Waals surface area (Å²) in [5.41, 5.74) is 4.94. The molecule has 2 N–H and O–H groups in total. The Labute approximate surface area is 209 Å². The zero-order valence-corrected chi connectivity index (χ0v) is 20.1. The molecule has 0 saturated carbocycles. The van der Waals surface area contributed by atoms with Gasteiger partial charge < -0.3 is 10.3 Å². The summed E-state index contributed by atoms with van der Waals surface area (Å²) in [6.07, 6.45) is 3.62. The van der Waals surface area contributed by atoms with Crippen molar-refractivity contribution in [1.82, 2.24) is 24.8 Å². The second kappa shape index (κ2) is 10.5. The average molecular weight is 478 g/mol. The number of likely N-dealkylation sites (tertiary alicyclic amines) is 1. The topological polar surface area (TPSA) is 111 Å². The molecule has 0 amide bonds. The fourth-order valence-electron chi connectivity index (χ4n) is 4.52. The predicted octanol–water partition coefficient (Wildman–Crippen LogP) is 4.15. The van der Waals surface area contributed by atoms with Gasteiger partial charge in [-0.15, -0.1) is 0 Å². The van der Waals surface area contributed by atoms with Crippen molar-refractivity contribution in [3.63, 3.8) is 0 Å². The number of nitriles is 1. The van der Waals surface area contributed by atoms with Crippen LogP contribution >= 0.6 is 0 Å². The lowest BCUT2D eigenvalue weighted by atomic mass is 10.0. The molecule has 0 atom stereocenters. The Hall–Kier alpha value is -4.35. The Morgan fingerprint density at radius 3 is 2.50 bits per heavy atom. The molecule has 1 fully saturated rings. The van der Waals surface area contributed by atoms with Gasteiger partial charge in [-0.25, -0.2) is 15.0 Å². The Balaban J connectivity index is 1.24. The van der Waals surface area contributed by atoms with Crippen LogP contribution in [-0.2, 0) is 6.54 Å². The number of anilines is 1. The molecule has 1 saturated heterocycles. The van der Waals surface area contributed by atoms with Crippen molar-refractivity contribution >= 4 is 5.82 Å². The summed E-state index contributed by atoms with van der Waals surface area (Å²) in [4.78, 5) is 30.5. The molecule has 36 heavy (non-hydrogen) atoms. The number of H-pyrrole nitrogens is 1. The van der Waals surface area contributed by atoms with E-state index >= 15 is 0 Å². The number of hydrogen-bond acceptors (Lipinski definition) is 7. The Morgan fingerprint density at radius 2 is 1.78 bits per heavy atom. The number of benzene rings is 2. The van der Waals surface area contributed by atoms with Crippen molar-refractivity contribution in [3.8, 4) is 28.6 Å². The molecule has 5 rings (SSSR count). The highest BCUT2D eigenvalue weighted by atomic mass is 16.1. The molecule has 3 heterocycles. The largest absolute Gasteiger partial charge is 0.367 e. The first-order chi connectivity index (χ1) is 17.6. The van der Waals surface area contributed by atoms with Gasteiger partial charge in [0.25, 0.3) is 5.56 Å². The Morgan fingerprint density at radius 1 is 1.03 bits per heavy atom. The molecule has 2 aromatic carbocycles. The first-order valence-corrected chi connectivity index (χ1v) is 12.1. The summed E-state index contributed by atoms with van der Waals surface area (Å²) in [7, 11) is 0. The van der Waals surface area contributed by atoms with Crippen LogP contribution in [0.2, 0.25) is 0 Å². The van der Waals surface area contributed by atoms with Crippen LogP contribution in [0.3, 0.4) is 0 Å². The van der Waals surface area contributed by atoms with Crippen LogP contribution in [0, 0.1) is 18.3 Å². The van der Waals surface area contributed by atoms with Gasteiger partial charge in [0, 0.05) is 43.0 Å². The number of nitrogens with zero attached hydrogens (tertiary/aromatic N) is 5. The number of nitrogens with one attached hydrogen (secondary N) is 2. The Bertz CT molecular complexity index is 1430. The third-order valence-electron chi connectivity index (χ3n) is 6.47. The van der Waals surface area contributed by atoms with Crippen molar-refractivity contribution < 1.29 is 0 Å². The van der Waals surface area contributed by atoms with Crippen molar-refractivity contribution in [2.24, 2.45) is 0 Å². The lowest BCUT2D eigenvalue weighted by Crippen LogP contribution is -2.38. The second-order valence-corrected chi connectivity index (χ2v) is 9.01. The van der Waals surface area contributed by atoms with E-state index < -0.39 is 0 Å². The fraction of sp³-hybridized carbons (Fsp3) is 0.250. The molecule has 4 aromatic rings. The number of aromatic nitrogens is 4. The number of hydrogen-bond donors (Lipinski definition) is 2. The monoisotopic (exact) mass is 477 g/mol. The molecule has 1 aliphatic heterocycles. The number of aryl methyl sites for hydroxylation is 1. The van der Waals surface area contributed by atoms with Gasteiger partial charge >= 0.3 is 0 Å². The number of aromatic amines is 1. The maximum absolute atomic E-state index is 12.3. The molecule has 180 valence electrons. The standard InChI is InChI=1S/C28H27N7O/c1-19-28(36)34-27(21-5-3-2-4-6-21)26(31-19)22-9-7-20(8-10-22)18-35-15-12-23(13-16-35)32-24-11-14-30-25(17-29)33-24/h2-11,14,23H,12-13,15-16,18H2,1H3,(H,34,36)(H,30,32,33). The van der Waals surface area contributed by atoms with Gasteiger partial charge in [0.1, 0.15) is 17.6 Å². The van der Waals surface area contributed by atoms with Crippen LogP contribution in [0.1, 0.15) is 29.9 Å². The fourth-order valence-corrected chi connectivity index (χ4v) is 4.52. The molecule has 0 radical (unpaired) electrons. The zero-order valence-electron chi connectivity index (χ0n) is 20.1. The molecule has 2 aromatic heterocycles. The van der Waals surface area contributed by atoms with E-state index in [-0.39, 0.29) is 11.4 Å². The van der Waals surface area contributed by atoms with E-state index in [2.05, 4.69) is 54.4 Å². The van der Waals surface area contributed by atoms with Crippen LogP contribution < -0.4 is 10.9 Å². The van der Waals surface area contributed by atoms with Gasteiger partial charge in [-0.2, -0.15) is 5.26 Å². The van der Waals surface area contributed by atoms with Crippen LogP contribution in [0.25, 0.3) is 22.5 Å². The van der Waals surface area contributed by atoms with E-state index in [4.69, 9.17) is 5.26 Å². The molecule has 0 bridgehead atoms. The molecular formula is C28H27N7O. The molecule has 0 spiro atoms. The van der Waals surface area contributed by atoms with E-state index in [0.29, 0.717) is 17.6 Å². The number of piperidine rings is 1. The average Bonchev–Trinajstić information content (AvgIpc) is 2.92. The molecule has 8 nitrogen and oxygen atoms in total. The smallest absolute Gasteiger partial charge is 0.269 e. The first-order valence-electron chi connectivity index (χ1n) is 12.1. The highest BCUT2D eigenvalue weighted by Gasteiger charge is 2.20. The summed E-state index contributed by atoms with van der Waals surface area (Å²) in [5.74, 6) is 0.889. The quantitative estimate of drug-likeness (QED) is 0.429. The molecule has 1 aliphatic rings. The first kappa shape index (κ1) is 23.4. The summed E-state index contributed by atoms with van der Waals surface area (Å²) in [5, 5.41) is 12.4. The van der Waals surface area contributed by atoms with Crippen LogP contribution in [0.4, 0.5) is 5.82 Å². The van der Waals surface area contributed by atoms with Gasteiger partial charge in [-0.05, 0) is 31.4 Å². The van der Waals surface area contributed by atoms with E-state index in [9.17, 15) is 4.79 Å². The van der Waals surface area contributed by atoms with Gasteiger partial charge in [-0.1, -0.05) is 54.6 Å². The van der Waals surface area contributed by atoms with Crippen molar-refractivity contribution in [2.45, 2.75) is 32.4 Å². The normalized spacial score (nSPS) is 14.3. The number of rotatable bonds is 6. The maximum Gasteiger partial charge on any atom is 0.269 e. The molecule has 8 heteroatoms. The van der Waals surface area contributed by atoms with Crippen molar-refractivity contribution in [2.75, 3.05) is 18.4 Å². The lowest BCUT2D eigenvalue weighted by molar-refractivity contribution is 0.211. The maximum atomic E-state index is 12.3. The third-order valence-corrected chi connectivity index (χ3v) is 6.47.